The van der Waals surface area contributed by atoms with E-state index in [0.29, 0.717) is 12.6 Å². The third-order valence-corrected chi connectivity index (χ3v) is 3.26. The molecule has 1 saturated carbocycles. The molecule has 0 aliphatic heterocycles. The number of rotatable bonds is 8. The average molecular weight is 242 g/mol. The van der Waals surface area contributed by atoms with Crippen LogP contribution in [0.4, 0.5) is 0 Å². The second-order valence-electron chi connectivity index (χ2n) is 4.93. The van der Waals surface area contributed by atoms with E-state index in [1.807, 2.05) is 13.8 Å². The summed E-state index contributed by atoms with van der Waals surface area (Å²) < 4.78 is 5.20. The topological polar surface area (TPSA) is 41.6 Å². The van der Waals surface area contributed by atoms with E-state index in [9.17, 15) is 4.79 Å². The Labute approximate surface area is 105 Å². The molecule has 100 valence electrons. The molecule has 0 heterocycles. The maximum atomic E-state index is 12.1. The number of likely N-dealkylation sites (N-methyl/N-ethyl adjacent to an activating group) is 1. The van der Waals surface area contributed by atoms with Crippen molar-refractivity contribution < 1.29 is 9.53 Å². The van der Waals surface area contributed by atoms with Crippen LogP contribution in [0.1, 0.15) is 40.5 Å². The second kappa shape index (κ2) is 6.36. The predicted molar refractivity (Wildman–Crippen MR) is 69.0 cm³/mol. The van der Waals surface area contributed by atoms with E-state index in [-0.39, 0.29) is 5.97 Å². The molecule has 0 bridgehead atoms. The zero-order valence-electron chi connectivity index (χ0n) is 11.6. The Morgan fingerprint density at radius 1 is 1.35 bits per heavy atom. The summed E-state index contributed by atoms with van der Waals surface area (Å²) in [6.07, 6.45) is 2.35. The Kier molecular flexibility index (Phi) is 5.40. The van der Waals surface area contributed by atoms with Crippen LogP contribution in [0.3, 0.4) is 0 Å². The van der Waals surface area contributed by atoms with Crippen LogP contribution < -0.4 is 5.32 Å². The van der Waals surface area contributed by atoms with Crippen LogP contribution in [0.2, 0.25) is 0 Å². The van der Waals surface area contributed by atoms with Gasteiger partial charge in [-0.25, -0.2) is 0 Å². The highest BCUT2D eigenvalue weighted by molar-refractivity contribution is 5.80. The van der Waals surface area contributed by atoms with Crippen molar-refractivity contribution in [1.82, 2.24) is 10.2 Å². The summed E-state index contributed by atoms with van der Waals surface area (Å²) >= 11 is 0. The summed E-state index contributed by atoms with van der Waals surface area (Å²) in [5, 5.41) is 3.43. The highest BCUT2D eigenvalue weighted by Crippen LogP contribution is 2.23. The van der Waals surface area contributed by atoms with E-state index in [0.717, 1.165) is 19.6 Å². The van der Waals surface area contributed by atoms with Gasteiger partial charge in [-0.15, -0.1) is 0 Å². The van der Waals surface area contributed by atoms with Crippen molar-refractivity contribution in [2.45, 2.75) is 52.1 Å². The molecule has 0 amide bonds. The number of hydrogen-bond donors (Lipinski definition) is 1. The number of esters is 1. The molecular weight excluding hydrogens is 216 g/mol. The van der Waals surface area contributed by atoms with Crippen molar-refractivity contribution in [3.63, 3.8) is 0 Å². The second-order valence-corrected chi connectivity index (χ2v) is 4.93. The van der Waals surface area contributed by atoms with Crippen LogP contribution in [0.15, 0.2) is 0 Å². The van der Waals surface area contributed by atoms with Crippen molar-refractivity contribution >= 4 is 5.97 Å². The fraction of sp³-hybridized carbons (Fsp3) is 0.923. The standard InChI is InChI=1S/C13H26N2O2/c1-5-15(6-2)10-13(4,12(16)17-7-3)14-11-8-9-11/h11,14H,5-10H2,1-4H3. The quantitative estimate of drug-likeness (QED) is 0.653. The number of hydrogen-bond acceptors (Lipinski definition) is 4. The molecular formula is C13H26N2O2. The first-order valence-electron chi connectivity index (χ1n) is 6.73. The van der Waals surface area contributed by atoms with Crippen LogP contribution >= 0.6 is 0 Å². The SMILES string of the molecule is CCOC(=O)C(C)(CN(CC)CC)NC1CC1. The molecule has 0 radical (unpaired) electrons. The Bertz CT molecular complexity index is 250. The molecule has 1 aliphatic carbocycles. The van der Waals surface area contributed by atoms with Gasteiger partial charge >= 0.3 is 5.97 Å². The third kappa shape index (κ3) is 4.28. The lowest BCUT2D eigenvalue weighted by atomic mass is 10.0. The molecule has 1 aliphatic rings. The van der Waals surface area contributed by atoms with Crippen LogP contribution in [0, 0.1) is 0 Å². The van der Waals surface area contributed by atoms with E-state index in [2.05, 4.69) is 24.1 Å². The normalized spacial score (nSPS) is 19.1. The van der Waals surface area contributed by atoms with Gasteiger partial charge in [0.2, 0.25) is 0 Å². The Balaban J connectivity index is 2.65. The third-order valence-electron chi connectivity index (χ3n) is 3.26. The van der Waals surface area contributed by atoms with Gasteiger partial charge in [-0.05, 0) is 39.8 Å². The molecule has 0 aromatic heterocycles. The van der Waals surface area contributed by atoms with Crippen LogP contribution in [0.5, 0.6) is 0 Å². The average Bonchev–Trinajstić information content (AvgIpc) is 3.10. The lowest BCUT2D eigenvalue weighted by Gasteiger charge is -2.33. The van der Waals surface area contributed by atoms with Gasteiger partial charge in [-0.2, -0.15) is 0 Å². The van der Waals surface area contributed by atoms with E-state index in [4.69, 9.17) is 4.74 Å². The number of ether oxygens (including phenoxy) is 1. The van der Waals surface area contributed by atoms with E-state index < -0.39 is 5.54 Å². The van der Waals surface area contributed by atoms with Crippen LogP contribution in [-0.2, 0) is 9.53 Å². The largest absolute Gasteiger partial charge is 0.465 e. The van der Waals surface area contributed by atoms with Gasteiger partial charge in [-0.1, -0.05) is 13.8 Å². The van der Waals surface area contributed by atoms with Crippen molar-refractivity contribution in [1.29, 1.82) is 0 Å². The molecule has 0 saturated heterocycles. The summed E-state index contributed by atoms with van der Waals surface area (Å²) in [6, 6.07) is 0.500. The minimum Gasteiger partial charge on any atom is -0.465 e. The number of nitrogens with zero attached hydrogens (tertiary/aromatic N) is 1. The van der Waals surface area contributed by atoms with Crippen molar-refractivity contribution in [2.75, 3.05) is 26.2 Å². The van der Waals surface area contributed by atoms with Gasteiger partial charge in [0.15, 0.2) is 0 Å². The molecule has 0 aromatic carbocycles. The molecule has 17 heavy (non-hydrogen) atoms. The maximum absolute atomic E-state index is 12.1. The van der Waals surface area contributed by atoms with Crippen molar-refractivity contribution in [3.05, 3.63) is 0 Å². The summed E-state index contributed by atoms with van der Waals surface area (Å²) in [4.78, 5) is 14.3. The van der Waals surface area contributed by atoms with Gasteiger partial charge in [0.25, 0.3) is 0 Å². The highest BCUT2D eigenvalue weighted by atomic mass is 16.5. The van der Waals surface area contributed by atoms with Crippen molar-refractivity contribution in [3.8, 4) is 0 Å². The molecule has 0 aromatic rings. The first kappa shape index (κ1) is 14.5. The first-order chi connectivity index (χ1) is 8.05. The van der Waals surface area contributed by atoms with E-state index >= 15 is 0 Å². The Morgan fingerprint density at radius 2 is 1.94 bits per heavy atom. The molecule has 1 fully saturated rings. The summed E-state index contributed by atoms with van der Waals surface area (Å²) in [7, 11) is 0. The number of carbonyl (C=O) groups is 1. The zero-order chi connectivity index (χ0) is 12.9. The highest BCUT2D eigenvalue weighted by Gasteiger charge is 2.40. The monoisotopic (exact) mass is 242 g/mol. The van der Waals surface area contributed by atoms with Crippen molar-refractivity contribution in [2.24, 2.45) is 0 Å². The summed E-state index contributed by atoms with van der Waals surface area (Å²) in [5.74, 6) is -0.126. The molecule has 0 spiro atoms. The minimum atomic E-state index is -0.566. The minimum absolute atomic E-state index is 0.126. The van der Waals surface area contributed by atoms with Crippen LogP contribution in [-0.4, -0.2) is 48.7 Å². The van der Waals surface area contributed by atoms with Gasteiger partial charge < -0.3 is 9.64 Å². The Morgan fingerprint density at radius 3 is 2.35 bits per heavy atom. The smallest absolute Gasteiger partial charge is 0.327 e. The molecule has 4 heteroatoms. The lowest BCUT2D eigenvalue weighted by molar-refractivity contribution is -0.151. The molecule has 4 nitrogen and oxygen atoms in total. The number of nitrogens with one attached hydrogen (secondary N) is 1. The Hall–Kier alpha value is -0.610. The van der Waals surface area contributed by atoms with Gasteiger partial charge in [0.05, 0.1) is 6.61 Å². The molecule has 1 atom stereocenters. The van der Waals surface area contributed by atoms with Gasteiger partial charge in [0, 0.05) is 12.6 Å². The van der Waals surface area contributed by atoms with Crippen LogP contribution in [0.25, 0.3) is 0 Å². The zero-order valence-corrected chi connectivity index (χ0v) is 11.6. The molecule has 1 rings (SSSR count). The first-order valence-corrected chi connectivity index (χ1v) is 6.73. The number of carbonyl (C=O) groups excluding carboxylic acids is 1. The van der Waals surface area contributed by atoms with E-state index in [1.165, 1.54) is 12.8 Å². The van der Waals surface area contributed by atoms with Gasteiger partial charge in [0.1, 0.15) is 5.54 Å². The summed E-state index contributed by atoms with van der Waals surface area (Å²) in [6.45, 7) is 11.1. The van der Waals surface area contributed by atoms with Gasteiger partial charge in [-0.3, -0.25) is 10.1 Å². The summed E-state index contributed by atoms with van der Waals surface area (Å²) in [5.41, 5.74) is -0.566. The fourth-order valence-corrected chi connectivity index (χ4v) is 2.03. The lowest BCUT2D eigenvalue weighted by Crippen LogP contribution is -2.58. The molecule has 1 unspecified atom stereocenters. The predicted octanol–water partition coefficient (Wildman–Crippen LogP) is 1.40. The maximum Gasteiger partial charge on any atom is 0.327 e. The van der Waals surface area contributed by atoms with E-state index in [1.54, 1.807) is 0 Å². The molecule has 1 N–H and O–H groups in total. The fourth-order valence-electron chi connectivity index (χ4n) is 2.03.